The highest BCUT2D eigenvalue weighted by Crippen LogP contribution is 2.31. The molecule has 5 N–H and O–H groups in total. The van der Waals surface area contributed by atoms with Gasteiger partial charge < -0.3 is 25.6 Å². The summed E-state index contributed by atoms with van der Waals surface area (Å²) in [6.45, 7) is 4.00. The van der Waals surface area contributed by atoms with E-state index in [-0.39, 0.29) is 49.6 Å². The maximum atomic E-state index is 13.7. The number of imidazole rings is 1. The first kappa shape index (κ1) is 31.9. The van der Waals surface area contributed by atoms with E-state index in [0.29, 0.717) is 12.1 Å². The topological polar surface area (TPSA) is 141 Å². The van der Waals surface area contributed by atoms with Gasteiger partial charge in [0, 0.05) is 37.9 Å². The molecule has 1 saturated heterocycles. The zero-order valence-electron chi connectivity index (χ0n) is 22.4. The number of rotatable bonds is 10. The maximum Gasteiger partial charge on any atom is 0.317 e. The lowest BCUT2D eigenvalue weighted by Crippen LogP contribution is -2.50. The summed E-state index contributed by atoms with van der Waals surface area (Å²) in [7, 11) is 3.69. The molecular weight excluding hydrogens is 541 g/mol. The summed E-state index contributed by atoms with van der Waals surface area (Å²) >= 11 is 0. The second-order valence-electron chi connectivity index (χ2n) is 10.0. The number of benzene rings is 2. The van der Waals surface area contributed by atoms with Crippen LogP contribution in [0.25, 0.3) is 11.0 Å². The number of fused-ring (bicyclic) bond motifs is 1. The molecule has 0 radical (unpaired) electrons. The smallest absolute Gasteiger partial charge is 0.317 e. The number of amidine groups is 1. The Bertz CT molecular complexity index is 1320. The Labute approximate surface area is 240 Å². The molecule has 1 aromatic heterocycles. The van der Waals surface area contributed by atoms with Crippen molar-refractivity contribution in [3.63, 3.8) is 0 Å². The van der Waals surface area contributed by atoms with Crippen molar-refractivity contribution in [2.75, 3.05) is 38.5 Å². The second-order valence-corrected chi connectivity index (χ2v) is 10.0. The van der Waals surface area contributed by atoms with Crippen LogP contribution < -0.4 is 11.1 Å². The molecule has 1 amide bonds. The van der Waals surface area contributed by atoms with Crippen molar-refractivity contribution < 1.29 is 14.7 Å². The SMILES string of the molecule is CN(CC(=O)O)CC(C)(C(=O)N1CCCC1)c1ccc2c(c1)nc(CNc1ccc(C(=N)N)cc1)n2C.Cl.Cl. The quantitative estimate of drug-likeness (QED) is 0.214. The fourth-order valence-corrected chi connectivity index (χ4v) is 5.08. The van der Waals surface area contributed by atoms with E-state index in [1.807, 2.05) is 53.8 Å². The first-order valence-electron chi connectivity index (χ1n) is 12.4. The fraction of sp³-hybridized carbons (Fsp3) is 0.407. The predicted molar refractivity (Wildman–Crippen MR) is 158 cm³/mol. The Balaban J connectivity index is 0.00000267. The number of anilines is 1. The molecule has 1 aliphatic rings. The molecule has 3 aromatic rings. The minimum Gasteiger partial charge on any atom is -0.480 e. The van der Waals surface area contributed by atoms with Gasteiger partial charge in [0.2, 0.25) is 5.91 Å². The van der Waals surface area contributed by atoms with Crippen LogP contribution >= 0.6 is 24.8 Å². The number of aromatic nitrogens is 2. The summed E-state index contributed by atoms with van der Waals surface area (Å²) in [5, 5.41) is 20.2. The first-order valence-corrected chi connectivity index (χ1v) is 12.4. The van der Waals surface area contributed by atoms with Gasteiger partial charge in [-0.3, -0.25) is 19.9 Å². The predicted octanol–water partition coefficient (Wildman–Crippen LogP) is 3.21. The van der Waals surface area contributed by atoms with Gasteiger partial charge in [0.15, 0.2) is 0 Å². The van der Waals surface area contributed by atoms with Crippen molar-refractivity contribution in [2.45, 2.75) is 31.7 Å². The van der Waals surface area contributed by atoms with Gasteiger partial charge in [-0.2, -0.15) is 0 Å². The minimum atomic E-state index is -0.924. The van der Waals surface area contributed by atoms with Crippen molar-refractivity contribution >= 4 is 59.2 Å². The Kier molecular flexibility index (Phi) is 10.7. The molecule has 1 atom stereocenters. The number of carboxylic acids is 1. The molecule has 2 aromatic carbocycles. The number of hydrogen-bond donors (Lipinski definition) is 4. The molecule has 12 heteroatoms. The van der Waals surface area contributed by atoms with E-state index >= 15 is 0 Å². The highest BCUT2D eigenvalue weighted by atomic mass is 35.5. The number of aryl methyl sites for hydroxylation is 1. The zero-order chi connectivity index (χ0) is 26.7. The zero-order valence-corrected chi connectivity index (χ0v) is 24.1. The van der Waals surface area contributed by atoms with Crippen LogP contribution in [-0.2, 0) is 28.6 Å². The molecule has 1 aliphatic heterocycles. The number of likely N-dealkylation sites (N-methyl/N-ethyl adjacent to an activating group) is 1. The summed E-state index contributed by atoms with van der Waals surface area (Å²) in [6.07, 6.45) is 1.97. The molecular formula is C27H37Cl2N7O3. The number of halogens is 2. The van der Waals surface area contributed by atoms with Gasteiger partial charge in [-0.05, 0) is 68.8 Å². The van der Waals surface area contributed by atoms with E-state index in [1.165, 1.54) is 0 Å². The monoisotopic (exact) mass is 577 g/mol. The standard InChI is InChI=1S/C27H35N7O3.2ClH/c1-27(17-32(2)16-24(35)36,26(37)34-12-4-5-13-34)19-8-11-22-21(14-19)31-23(33(22)3)15-30-20-9-6-18(7-10-20)25(28)29;;/h6-11,14,30H,4-5,12-13,15-17H2,1-3H3,(H3,28,29)(H,35,36);2*1H. The molecule has 0 saturated carbocycles. The van der Waals surface area contributed by atoms with Crippen LogP contribution in [0.5, 0.6) is 0 Å². The van der Waals surface area contributed by atoms with E-state index in [0.717, 1.165) is 54.0 Å². The van der Waals surface area contributed by atoms with Crippen LogP contribution in [0.4, 0.5) is 5.69 Å². The van der Waals surface area contributed by atoms with Crippen molar-refractivity contribution in [1.29, 1.82) is 5.41 Å². The third-order valence-electron chi connectivity index (χ3n) is 7.11. The van der Waals surface area contributed by atoms with Gasteiger partial charge >= 0.3 is 5.97 Å². The number of carbonyl (C=O) groups excluding carboxylic acids is 1. The summed E-state index contributed by atoms with van der Waals surface area (Å²) in [5.41, 5.74) is 8.74. The molecule has 0 bridgehead atoms. The van der Waals surface area contributed by atoms with Crippen molar-refractivity contribution in [3.05, 3.63) is 59.4 Å². The average molecular weight is 579 g/mol. The number of amides is 1. The molecule has 0 aliphatic carbocycles. The Morgan fingerprint density at radius 1 is 1.15 bits per heavy atom. The third-order valence-corrected chi connectivity index (χ3v) is 7.11. The fourth-order valence-electron chi connectivity index (χ4n) is 5.08. The third kappa shape index (κ3) is 7.00. The molecule has 10 nitrogen and oxygen atoms in total. The van der Waals surface area contributed by atoms with E-state index in [4.69, 9.17) is 16.1 Å². The van der Waals surface area contributed by atoms with Crippen LogP contribution in [0.1, 0.15) is 36.7 Å². The van der Waals surface area contributed by atoms with Crippen LogP contribution in [0.3, 0.4) is 0 Å². The molecule has 1 unspecified atom stereocenters. The number of carboxylic acid groups (broad SMARTS) is 1. The lowest BCUT2D eigenvalue weighted by Gasteiger charge is -2.36. The van der Waals surface area contributed by atoms with Gasteiger partial charge in [-0.25, -0.2) is 4.98 Å². The van der Waals surface area contributed by atoms with Gasteiger partial charge in [0.25, 0.3) is 0 Å². The van der Waals surface area contributed by atoms with E-state index < -0.39 is 11.4 Å². The van der Waals surface area contributed by atoms with Gasteiger partial charge in [-0.15, -0.1) is 24.8 Å². The largest absolute Gasteiger partial charge is 0.480 e. The maximum absolute atomic E-state index is 13.7. The van der Waals surface area contributed by atoms with Gasteiger partial charge in [0.05, 0.1) is 29.5 Å². The highest BCUT2D eigenvalue weighted by molar-refractivity contribution is 5.95. The van der Waals surface area contributed by atoms with Gasteiger partial charge in [0.1, 0.15) is 11.7 Å². The van der Waals surface area contributed by atoms with Crippen molar-refractivity contribution in [2.24, 2.45) is 12.8 Å². The number of nitrogens with zero attached hydrogens (tertiary/aromatic N) is 4. The number of nitrogens with two attached hydrogens (primary N) is 1. The summed E-state index contributed by atoms with van der Waals surface area (Å²) < 4.78 is 2.02. The molecule has 2 heterocycles. The normalized spacial score (nSPS) is 14.4. The van der Waals surface area contributed by atoms with E-state index in [9.17, 15) is 14.7 Å². The number of carbonyl (C=O) groups is 2. The molecule has 39 heavy (non-hydrogen) atoms. The average Bonchev–Trinajstić information content (AvgIpc) is 3.50. The Morgan fingerprint density at radius 3 is 2.38 bits per heavy atom. The van der Waals surface area contributed by atoms with E-state index in [2.05, 4.69) is 5.32 Å². The van der Waals surface area contributed by atoms with Gasteiger partial charge in [-0.1, -0.05) is 6.07 Å². The minimum absolute atomic E-state index is 0. The number of nitrogens with one attached hydrogen (secondary N) is 2. The van der Waals surface area contributed by atoms with Crippen LogP contribution in [-0.4, -0.2) is 75.4 Å². The first-order chi connectivity index (χ1) is 17.6. The van der Waals surface area contributed by atoms with Crippen LogP contribution in [0, 0.1) is 5.41 Å². The summed E-state index contributed by atoms with van der Waals surface area (Å²) in [6, 6.07) is 13.3. The molecule has 0 spiro atoms. The summed E-state index contributed by atoms with van der Waals surface area (Å²) in [4.78, 5) is 33.5. The second kappa shape index (κ2) is 13.1. The van der Waals surface area contributed by atoms with Crippen LogP contribution in [0.15, 0.2) is 42.5 Å². The Hall–Kier alpha value is -3.34. The van der Waals surface area contributed by atoms with E-state index in [1.54, 1.807) is 24.1 Å². The lowest BCUT2D eigenvalue weighted by molar-refractivity contribution is -0.140. The number of nitrogen functional groups attached to an aromatic ring is 1. The number of likely N-dealkylation sites (tertiary alicyclic amines) is 1. The van der Waals surface area contributed by atoms with Crippen molar-refractivity contribution in [1.82, 2.24) is 19.4 Å². The van der Waals surface area contributed by atoms with Crippen molar-refractivity contribution in [3.8, 4) is 0 Å². The highest BCUT2D eigenvalue weighted by Gasteiger charge is 2.40. The number of aliphatic carboxylic acids is 1. The molecule has 212 valence electrons. The Morgan fingerprint density at radius 2 is 1.79 bits per heavy atom. The van der Waals surface area contributed by atoms with Crippen LogP contribution in [0.2, 0.25) is 0 Å². The molecule has 4 rings (SSSR count). The summed E-state index contributed by atoms with van der Waals surface area (Å²) in [5.74, 6) is -0.0411. The number of hydrogen-bond acceptors (Lipinski definition) is 6. The molecule has 1 fully saturated rings. The lowest BCUT2D eigenvalue weighted by atomic mass is 9.80.